The van der Waals surface area contributed by atoms with E-state index in [1.807, 2.05) is 18.2 Å². The number of nitrogens with one attached hydrogen (secondary N) is 1. The van der Waals surface area contributed by atoms with Crippen LogP contribution in [0, 0.1) is 0 Å². The molecule has 0 atom stereocenters. The van der Waals surface area contributed by atoms with Gasteiger partial charge in [-0.3, -0.25) is 0 Å². The van der Waals surface area contributed by atoms with Crippen LogP contribution in [0.25, 0.3) is 0 Å². The van der Waals surface area contributed by atoms with Crippen LogP contribution in [0.4, 0.5) is 11.4 Å². The van der Waals surface area contributed by atoms with Crippen molar-refractivity contribution < 1.29 is 14.3 Å². The third kappa shape index (κ3) is 3.03. The largest absolute Gasteiger partial charge is 0.495 e. The summed E-state index contributed by atoms with van der Waals surface area (Å²) in [5.41, 5.74) is 1.90. The number of hydrogen-bond acceptors (Lipinski definition) is 4. The van der Waals surface area contributed by atoms with E-state index in [-0.39, 0.29) is 0 Å². The fourth-order valence-electron chi connectivity index (χ4n) is 1.75. The molecule has 2 aromatic rings. The minimum absolute atomic E-state index is 0.410. The van der Waals surface area contributed by atoms with Crippen molar-refractivity contribution in [2.75, 3.05) is 19.5 Å². The zero-order valence-corrected chi connectivity index (χ0v) is 11.9. The van der Waals surface area contributed by atoms with Gasteiger partial charge in [-0.25, -0.2) is 4.79 Å². The average molecular weight is 292 g/mol. The van der Waals surface area contributed by atoms with E-state index >= 15 is 0 Å². The van der Waals surface area contributed by atoms with Crippen molar-refractivity contribution in [2.45, 2.75) is 0 Å². The van der Waals surface area contributed by atoms with Crippen molar-refractivity contribution in [3.63, 3.8) is 0 Å². The molecule has 0 radical (unpaired) electrons. The van der Waals surface area contributed by atoms with Gasteiger partial charge >= 0.3 is 5.97 Å². The van der Waals surface area contributed by atoms with E-state index in [0.29, 0.717) is 22.0 Å². The number of esters is 1. The molecule has 0 saturated heterocycles. The van der Waals surface area contributed by atoms with Crippen LogP contribution < -0.4 is 10.1 Å². The van der Waals surface area contributed by atoms with Gasteiger partial charge < -0.3 is 14.8 Å². The molecule has 0 aromatic heterocycles. The van der Waals surface area contributed by atoms with Crippen molar-refractivity contribution in [3.8, 4) is 5.75 Å². The maximum Gasteiger partial charge on any atom is 0.337 e. The summed E-state index contributed by atoms with van der Waals surface area (Å²) in [6, 6.07) is 12.4. The zero-order chi connectivity index (χ0) is 14.5. The Kier molecular flexibility index (Phi) is 4.48. The minimum Gasteiger partial charge on any atom is -0.495 e. The molecule has 1 N–H and O–H groups in total. The lowest BCUT2D eigenvalue weighted by atomic mass is 10.2. The molecule has 0 bridgehead atoms. The molecule has 0 unspecified atom stereocenters. The Balaban J connectivity index is 2.33. The van der Waals surface area contributed by atoms with Gasteiger partial charge in [0.15, 0.2) is 0 Å². The molecule has 104 valence electrons. The molecule has 0 saturated carbocycles. The molecule has 2 rings (SSSR count). The lowest BCUT2D eigenvalue weighted by Gasteiger charge is -2.13. The van der Waals surface area contributed by atoms with Gasteiger partial charge in [0.1, 0.15) is 5.75 Å². The van der Waals surface area contributed by atoms with E-state index in [0.717, 1.165) is 5.69 Å². The number of carbonyl (C=O) groups excluding carboxylic acids is 1. The number of rotatable bonds is 4. The first-order valence-electron chi connectivity index (χ1n) is 5.93. The first-order valence-corrected chi connectivity index (χ1v) is 6.31. The lowest BCUT2D eigenvalue weighted by molar-refractivity contribution is 0.0600. The smallest absolute Gasteiger partial charge is 0.337 e. The van der Waals surface area contributed by atoms with Crippen molar-refractivity contribution >= 4 is 28.9 Å². The molecular formula is C15H14ClNO3. The Morgan fingerprint density at radius 2 is 1.85 bits per heavy atom. The number of benzene rings is 2. The maximum absolute atomic E-state index is 11.5. The summed E-state index contributed by atoms with van der Waals surface area (Å²) < 4.78 is 9.96. The fourth-order valence-corrected chi connectivity index (χ4v) is 1.93. The monoisotopic (exact) mass is 291 g/mol. The van der Waals surface area contributed by atoms with Gasteiger partial charge in [-0.15, -0.1) is 0 Å². The molecule has 20 heavy (non-hydrogen) atoms. The highest BCUT2D eigenvalue weighted by Gasteiger charge is 2.11. The third-order valence-corrected chi connectivity index (χ3v) is 3.10. The Bertz CT molecular complexity index is 628. The van der Waals surface area contributed by atoms with Crippen molar-refractivity contribution in [2.24, 2.45) is 0 Å². The third-order valence-electron chi connectivity index (χ3n) is 2.77. The second-order valence-electron chi connectivity index (χ2n) is 4.01. The predicted octanol–water partition coefficient (Wildman–Crippen LogP) is 3.88. The van der Waals surface area contributed by atoms with Gasteiger partial charge in [0.2, 0.25) is 0 Å². The van der Waals surface area contributed by atoms with Crippen molar-refractivity contribution in [1.29, 1.82) is 0 Å². The molecule has 0 amide bonds. The number of methoxy groups -OCH3 is 2. The van der Waals surface area contributed by atoms with E-state index in [2.05, 4.69) is 10.1 Å². The van der Waals surface area contributed by atoms with E-state index < -0.39 is 5.97 Å². The molecule has 0 spiro atoms. The van der Waals surface area contributed by atoms with Gasteiger partial charge in [0.25, 0.3) is 0 Å². The summed E-state index contributed by atoms with van der Waals surface area (Å²) in [5, 5.41) is 3.77. The maximum atomic E-state index is 11.5. The lowest BCUT2D eigenvalue weighted by Crippen LogP contribution is -2.03. The van der Waals surface area contributed by atoms with Crippen LogP contribution in [0.3, 0.4) is 0 Å². The average Bonchev–Trinajstić information content (AvgIpc) is 2.49. The predicted molar refractivity (Wildman–Crippen MR) is 79.1 cm³/mol. The van der Waals surface area contributed by atoms with Crippen LogP contribution in [0.2, 0.25) is 5.02 Å². The molecular weight excluding hydrogens is 278 g/mol. The molecule has 4 nitrogen and oxygen atoms in total. The Morgan fingerprint density at radius 3 is 2.50 bits per heavy atom. The summed E-state index contributed by atoms with van der Waals surface area (Å²) >= 11 is 6.10. The van der Waals surface area contributed by atoms with Gasteiger partial charge in [0.05, 0.1) is 36.2 Å². The van der Waals surface area contributed by atoms with E-state index in [4.69, 9.17) is 16.3 Å². The molecule has 0 fully saturated rings. The van der Waals surface area contributed by atoms with Gasteiger partial charge in [-0.1, -0.05) is 23.7 Å². The highest BCUT2D eigenvalue weighted by Crippen LogP contribution is 2.31. The van der Waals surface area contributed by atoms with Crippen molar-refractivity contribution in [3.05, 3.63) is 53.1 Å². The number of halogens is 1. The SMILES string of the molecule is COC(=O)c1ccc(Nc2ccccc2Cl)c(OC)c1. The first-order chi connectivity index (χ1) is 9.65. The summed E-state index contributed by atoms with van der Waals surface area (Å²) in [4.78, 5) is 11.5. The minimum atomic E-state index is -0.410. The number of para-hydroxylation sites is 1. The molecule has 0 aliphatic rings. The zero-order valence-electron chi connectivity index (χ0n) is 11.1. The van der Waals surface area contributed by atoms with E-state index in [1.165, 1.54) is 14.2 Å². The van der Waals surface area contributed by atoms with Crippen LogP contribution in [0.5, 0.6) is 5.75 Å². The summed E-state index contributed by atoms with van der Waals surface area (Å²) in [5.74, 6) is 0.125. The van der Waals surface area contributed by atoms with Gasteiger partial charge in [0, 0.05) is 0 Å². The van der Waals surface area contributed by atoms with Gasteiger partial charge in [-0.05, 0) is 30.3 Å². The van der Waals surface area contributed by atoms with Crippen LogP contribution in [-0.2, 0) is 4.74 Å². The summed E-state index contributed by atoms with van der Waals surface area (Å²) in [6.45, 7) is 0. The van der Waals surface area contributed by atoms with E-state index in [1.54, 1.807) is 24.3 Å². The van der Waals surface area contributed by atoms with Crippen LogP contribution in [0.15, 0.2) is 42.5 Å². The number of hydrogen-bond donors (Lipinski definition) is 1. The van der Waals surface area contributed by atoms with Gasteiger partial charge in [-0.2, -0.15) is 0 Å². The van der Waals surface area contributed by atoms with Crippen LogP contribution in [0.1, 0.15) is 10.4 Å². The number of ether oxygens (including phenoxy) is 2. The standard InChI is InChI=1S/C15H14ClNO3/c1-19-14-9-10(15(18)20-2)7-8-13(14)17-12-6-4-3-5-11(12)16/h3-9,17H,1-2H3. The Labute approximate surface area is 122 Å². The highest BCUT2D eigenvalue weighted by atomic mass is 35.5. The first kappa shape index (κ1) is 14.2. The highest BCUT2D eigenvalue weighted by molar-refractivity contribution is 6.33. The molecule has 0 aliphatic heterocycles. The van der Waals surface area contributed by atoms with Crippen LogP contribution in [-0.4, -0.2) is 20.2 Å². The van der Waals surface area contributed by atoms with Crippen molar-refractivity contribution in [1.82, 2.24) is 0 Å². The molecule has 0 aliphatic carbocycles. The number of carbonyl (C=O) groups is 1. The molecule has 0 heterocycles. The van der Waals surface area contributed by atoms with Crippen LogP contribution >= 0.6 is 11.6 Å². The topological polar surface area (TPSA) is 47.6 Å². The molecule has 2 aromatic carbocycles. The second-order valence-corrected chi connectivity index (χ2v) is 4.42. The summed E-state index contributed by atoms with van der Waals surface area (Å²) in [6.07, 6.45) is 0. The second kappa shape index (κ2) is 6.30. The normalized spacial score (nSPS) is 9.95. The quantitative estimate of drug-likeness (QED) is 0.869. The molecule has 5 heteroatoms. The number of anilines is 2. The van der Waals surface area contributed by atoms with E-state index in [9.17, 15) is 4.79 Å². The Hall–Kier alpha value is -2.20. The fraction of sp³-hybridized carbons (Fsp3) is 0.133. The Morgan fingerprint density at radius 1 is 1.10 bits per heavy atom. The summed E-state index contributed by atoms with van der Waals surface area (Å²) in [7, 11) is 2.87.